The average molecular weight is 307 g/mol. The van der Waals surface area contributed by atoms with E-state index < -0.39 is 16.9 Å². The van der Waals surface area contributed by atoms with Gasteiger partial charge in [-0.25, -0.2) is 4.39 Å². The van der Waals surface area contributed by atoms with Gasteiger partial charge in [-0.2, -0.15) is 0 Å². The summed E-state index contributed by atoms with van der Waals surface area (Å²) in [6.45, 7) is 0. The molecule has 0 aliphatic rings. The minimum atomic E-state index is -0.683. The van der Waals surface area contributed by atoms with E-state index in [0.717, 1.165) is 6.07 Å². The van der Waals surface area contributed by atoms with Crippen LogP contribution in [0.5, 0.6) is 5.75 Å². The summed E-state index contributed by atoms with van der Waals surface area (Å²) in [4.78, 5) is 23.4. The normalized spacial score (nSPS) is 11.0. The van der Waals surface area contributed by atoms with Crippen molar-refractivity contribution in [2.45, 2.75) is 0 Å². The molecule has 1 aromatic heterocycles. The Bertz CT molecular complexity index is 958. The molecule has 3 rings (SSSR count). The van der Waals surface area contributed by atoms with Crippen molar-refractivity contribution in [1.29, 1.82) is 0 Å². The number of H-pyrrole nitrogens is 2. The highest BCUT2D eigenvalue weighted by Crippen LogP contribution is 2.37. The molecule has 0 unspecified atom stereocenters. The van der Waals surface area contributed by atoms with Gasteiger partial charge in [-0.3, -0.25) is 19.8 Å². The Morgan fingerprint density at radius 3 is 2.29 bits per heavy atom. The van der Waals surface area contributed by atoms with E-state index in [1.54, 1.807) is 0 Å². The number of benzene rings is 2. The Morgan fingerprint density at radius 2 is 1.67 bits per heavy atom. The van der Waals surface area contributed by atoms with Gasteiger partial charge in [0, 0.05) is 10.6 Å². The third-order valence-electron chi connectivity index (χ3n) is 3.15. The molecule has 1 heterocycles. The molecule has 0 saturated carbocycles. The molecule has 5 nitrogen and oxygen atoms in total. The lowest BCUT2D eigenvalue weighted by Crippen LogP contribution is -2.18. The summed E-state index contributed by atoms with van der Waals surface area (Å²) in [5, 5.41) is 14.4. The Morgan fingerprint density at radius 1 is 1.05 bits per heavy atom. The minimum Gasteiger partial charge on any atom is -0.507 e. The summed E-state index contributed by atoms with van der Waals surface area (Å²) in [7, 11) is 0. The van der Waals surface area contributed by atoms with E-state index >= 15 is 0 Å². The maximum absolute atomic E-state index is 13.9. The second-order valence-corrected chi connectivity index (χ2v) is 4.83. The number of phenolic OH excluding ortho intramolecular Hbond substituents is 1. The summed E-state index contributed by atoms with van der Waals surface area (Å²) >= 11 is 6.06. The maximum Gasteiger partial charge on any atom is 0.270 e. The highest BCUT2D eigenvalue weighted by Gasteiger charge is 2.16. The van der Waals surface area contributed by atoms with Gasteiger partial charge in [-0.1, -0.05) is 17.7 Å². The predicted octanol–water partition coefficient (Wildman–Crippen LogP) is 2.38. The van der Waals surface area contributed by atoms with Gasteiger partial charge in [0.2, 0.25) is 0 Å². The van der Waals surface area contributed by atoms with E-state index in [-0.39, 0.29) is 32.7 Å². The lowest BCUT2D eigenvalue weighted by atomic mass is 10.0. The first-order valence-corrected chi connectivity index (χ1v) is 6.29. The number of aromatic nitrogens is 2. The molecule has 7 heteroatoms. The number of rotatable bonds is 1. The zero-order valence-electron chi connectivity index (χ0n) is 10.4. The topological polar surface area (TPSA) is 86.0 Å². The summed E-state index contributed by atoms with van der Waals surface area (Å²) in [6.07, 6.45) is 0. The lowest BCUT2D eigenvalue weighted by molar-refractivity contribution is 0.472. The Hall–Kier alpha value is -2.60. The molecule has 3 N–H and O–H groups in total. The van der Waals surface area contributed by atoms with Gasteiger partial charge < -0.3 is 5.11 Å². The van der Waals surface area contributed by atoms with Gasteiger partial charge in [0.25, 0.3) is 11.1 Å². The van der Waals surface area contributed by atoms with Crippen LogP contribution in [0.15, 0.2) is 39.9 Å². The molecule has 0 spiro atoms. The summed E-state index contributed by atoms with van der Waals surface area (Å²) in [5.74, 6) is -0.991. The van der Waals surface area contributed by atoms with Crippen LogP contribution in [0.2, 0.25) is 5.02 Å². The van der Waals surface area contributed by atoms with Crippen molar-refractivity contribution in [2.75, 3.05) is 0 Å². The monoisotopic (exact) mass is 306 g/mol. The lowest BCUT2D eigenvalue weighted by Gasteiger charge is -2.09. The van der Waals surface area contributed by atoms with E-state index in [2.05, 4.69) is 10.2 Å². The highest BCUT2D eigenvalue weighted by molar-refractivity contribution is 6.34. The molecular weight excluding hydrogens is 299 g/mol. The number of phenols is 1. The molecule has 0 amide bonds. The van der Waals surface area contributed by atoms with Crippen LogP contribution in [0.3, 0.4) is 0 Å². The van der Waals surface area contributed by atoms with Gasteiger partial charge in [0.15, 0.2) is 0 Å². The van der Waals surface area contributed by atoms with Gasteiger partial charge in [-0.15, -0.1) is 0 Å². The number of halogens is 2. The fraction of sp³-hybridized carbons (Fsp3) is 0. The largest absolute Gasteiger partial charge is 0.507 e. The smallest absolute Gasteiger partial charge is 0.270 e. The third kappa shape index (κ3) is 2.09. The third-order valence-corrected chi connectivity index (χ3v) is 3.46. The van der Waals surface area contributed by atoms with Gasteiger partial charge >= 0.3 is 0 Å². The molecule has 0 radical (unpaired) electrons. The minimum absolute atomic E-state index is 0.0546. The van der Waals surface area contributed by atoms with Crippen molar-refractivity contribution in [3.63, 3.8) is 0 Å². The first-order valence-electron chi connectivity index (χ1n) is 5.91. The van der Waals surface area contributed by atoms with Crippen LogP contribution in [-0.4, -0.2) is 15.3 Å². The number of aromatic hydroxyl groups is 1. The fourth-order valence-corrected chi connectivity index (χ4v) is 2.43. The SMILES string of the molecule is O=c1[nH][nH]c(=O)c2cc(-c3c(O)cccc3F)c(Cl)cc12. The standard InChI is InChI=1S/C14H8ClFN2O3/c15-9-5-7-6(13(20)17-18-14(7)21)4-8(9)12-10(16)2-1-3-11(12)19/h1-5,19H,(H,17,20)(H,18,21). The average Bonchev–Trinajstić information content (AvgIpc) is 2.44. The van der Waals surface area contributed by atoms with E-state index in [1.807, 2.05) is 0 Å². The fourth-order valence-electron chi connectivity index (χ4n) is 2.17. The Labute approximate surface area is 121 Å². The van der Waals surface area contributed by atoms with Gasteiger partial charge in [-0.05, 0) is 24.3 Å². The molecule has 0 fully saturated rings. The summed E-state index contributed by atoms with van der Waals surface area (Å²) in [6, 6.07) is 6.37. The highest BCUT2D eigenvalue weighted by atomic mass is 35.5. The summed E-state index contributed by atoms with van der Waals surface area (Å²) in [5.41, 5.74) is -1.05. The van der Waals surface area contributed by atoms with E-state index in [9.17, 15) is 19.1 Å². The van der Waals surface area contributed by atoms with Crippen molar-refractivity contribution in [3.05, 3.63) is 61.9 Å². The van der Waals surface area contributed by atoms with Crippen LogP contribution in [0.4, 0.5) is 4.39 Å². The van der Waals surface area contributed by atoms with Crippen molar-refractivity contribution in [1.82, 2.24) is 10.2 Å². The van der Waals surface area contributed by atoms with Crippen LogP contribution >= 0.6 is 11.6 Å². The van der Waals surface area contributed by atoms with Crippen LogP contribution < -0.4 is 11.1 Å². The quantitative estimate of drug-likeness (QED) is 0.645. The van der Waals surface area contributed by atoms with Crippen LogP contribution in [0.1, 0.15) is 0 Å². The Kier molecular flexibility index (Phi) is 3.03. The van der Waals surface area contributed by atoms with Crippen molar-refractivity contribution in [2.24, 2.45) is 0 Å². The maximum atomic E-state index is 13.9. The molecule has 0 aliphatic carbocycles. The molecule has 2 aromatic carbocycles. The van der Waals surface area contributed by atoms with Crippen LogP contribution in [0.25, 0.3) is 21.9 Å². The van der Waals surface area contributed by atoms with Gasteiger partial charge in [0.05, 0.1) is 16.3 Å². The molecule has 3 aromatic rings. The molecule has 0 saturated heterocycles. The second-order valence-electron chi connectivity index (χ2n) is 4.42. The first kappa shape index (κ1) is 13.4. The van der Waals surface area contributed by atoms with E-state index in [4.69, 9.17) is 11.6 Å². The van der Waals surface area contributed by atoms with Crippen LogP contribution in [-0.2, 0) is 0 Å². The number of hydrogen-bond donors (Lipinski definition) is 3. The molecule has 21 heavy (non-hydrogen) atoms. The molecular formula is C14H8ClFN2O3. The number of nitrogens with one attached hydrogen (secondary N) is 2. The zero-order valence-corrected chi connectivity index (χ0v) is 11.2. The Balaban J connectivity index is 2.45. The van der Waals surface area contributed by atoms with Crippen LogP contribution in [0, 0.1) is 5.82 Å². The first-order chi connectivity index (χ1) is 9.99. The van der Waals surface area contributed by atoms with E-state index in [0.29, 0.717) is 0 Å². The predicted molar refractivity (Wildman–Crippen MR) is 77.3 cm³/mol. The van der Waals surface area contributed by atoms with Crippen molar-refractivity contribution in [3.8, 4) is 16.9 Å². The number of fused-ring (bicyclic) bond motifs is 1. The van der Waals surface area contributed by atoms with Crippen molar-refractivity contribution < 1.29 is 9.50 Å². The molecule has 0 aliphatic heterocycles. The molecule has 106 valence electrons. The second kappa shape index (κ2) is 4.75. The van der Waals surface area contributed by atoms with Gasteiger partial charge in [0.1, 0.15) is 11.6 Å². The van der Waals surface area contributed by atoms with Crippen molar-refractivity contribution >= 4 is 22.4 Å². The van der Waals surface area contributed by atoms with E-state index in [1.165, 1.54) is 24.3 Å². The molecule has 0 atom stereocenters. The zero-order chi connectivity index (χ0) is 15.1. The molecule has 0 bridgehead atoms. The summed E-state index contributed by atoms with van der Waals surface area (Å²) < 4.78 is 13.9. The number of aromatic amines is 2. The number of hydrogen-bond acceptors (Lipinski definition) is 3.